The zero-order valence-electron chi connectivity index (χ0n) is 15.8. The van der Waals surface area contributed by atoms with Crippen molar-refractivity contribution in [2.75, 3.05) is 6.61 Å². The molecule has 0 spiro atoms. The molecule has 152 valence electrons. The van der Waals surface area contributed by atoms with Crippen LogP contribution in [0.15, 0.2) is 29.8 Å². The third kappa shape index (κ3) is 3.64. The fraction of sp³-hybridized carbons (Fsp3) is 0.550. The number of aliphatic hydroxyl groups is 1. The van der Waals surface area contributed by atoms with Crippen LogP contribution in [-0.4, -0.2) is 47.1 Å². The van der Waals surface area contributed by atoms with Crippen LogP contribution in [0, 0.1) is 5.82 Å². The summed E-state index contributed by atoms with van der Waals surface area (Å²) in [5.74, 6) is -0.367. The maximum absolute atomic E-state index is 13.4. The molecule has 3 atom stereocenters. The van der Waals surface area contributed by atoms with E-state index < -0.39 is 18.1 Å². The predicted octanol–water partition coefficient (Wildman–Crippen LogP) is 2.29. The second kappa shape index (κ2) is 6.99. The number of carbonyl (C=O) groups is 1. The van der Waals surface area contributed by atoms with Crippen molar-refractivity contribution < 1.29 is 23.8 Å². The van der Waals surface area contributed by atoms with E-state index in [1.807, 2.05) is 19.9 Å². The van der Waals surface area contributed by atoms with E-state index in [4.69, 9.17) is 21.1 Å². The van der Waals surface area contributed by atoms with E-state index in [-0.39, 0.29) is 34.7 Å². The number of carbonyl (C=O) groups excluding carboxylic acids is 1. The zero-order valence-corrected chi connectivity index (χ0v) is 16.6. The summed E-state index contributed by atoms with van der Waals surface area (Å²) in [5.41, 5.74) is 0.678. The van der Waals surface area contributed by atoms with E-state index in [2.05, 4.69) is 10.6 Å². The second-order valence-electron chi connectivity index (χ2n) is 8.24. The molecule has 0 aromatic heterocycles. The number of amides is 1. The SMILES string of the molecule is CC1=CC(C(=O)NC23CC(NC(O)COc4ccc(Cl)c(F)c4)(C2)C3)OC1C. The van der Waals surface area contributed by atoms with Crippen LogP contribution in [0.1, 0.15) is 33.1 Å². The first-order valence-corrected chi connectivity index (χ1v) is 9.77. The van der Waals surface area contributed by atoms with Gasteiger partial charge in [0.05, 0.1) is 11.1 Å². The molecule has 1 aromatic carbocycles. The highest BCUT2D eigenvalue weighted by atomic mass is 35.5. The van der Waals surface area contributed by atoms with Crippen LogP contribution >= 0.6 is 11.6 Å². The minimum Gasteiger partial charge on any atom is -0.489 e. The van der Waals surface area contributed by atoms with Crippen molar-refractivity contribution in [3.63, 3.8) is 0 Å². The molecule has 0 saturated heterocycles. The first-order valence-electron chi connectivity index (χ1n) is 9.39. The number of benzene rings is 1. The molecule has 3 fully saturated rings. The maximum atomic E-state index is 13.4. The average molecular weight is 411 g/mol. The van der Waals surface area contributed by atoms with Gasteiger partial charge in [0.15, 0.2) is 6.10 Å². The number of rotatable bonds is 7. The van der Waals surface area contributed by atoms with E-state index in [1.54, 1.807) is 6.07 Å². The van der Waals surface area contributed by atoms with Gasteiger partial charge in [-0.3, -0.25) is 10.1 Å². The Balaban J connectivity index is 1.21. The van der Waals surface area contributed by atoms with Gasteiger partial charge in [-0.15, -0.1) is 0 Å². The number of halogens is 2. The minimum atomic E-state index is -0.891. The van der Waals surface area contributed by atoms with Crippen LogP contribution in [-0.2, 0) is 9.53 Å². The molecule has 3 saturated carbocycles. The maximum Gasteiger partial charge on any atom is 0.253 e. The molecule has 4 aliphatic rings. The molecular weight excluding hydrogens is 387 g/mol. The summed E-state index contributed by atoms with van der Waals surface area (Å²) >= 11 is 5.63. The van der Waals surface area contributed by atoms with Crippen LogP contribution in [0.5, 0.6) is 5.75 Å². The van der Waals surface area contributed by atoms with Gasteiger partial charge in [0.1, 0.15) is 24.4 Å². The van der Waals surface area contributed by atoms with Crippen LogP contribution in [0.3, 0.4) is 0 Å². The topological polar surface area (TPSA) is 79.8 Å². The number of aliphatic hydroxyl groups excluding tert-OH is 1. The number of hydrogen-bond acceptors (Lipinski definition) is 5. The van der Waals surface area contributed by atoms with Crippen LogP contribution in [0.25, 0.3) is 0 Å². The van der Waals surface area contributed by atoms with Gasteiger partial charge < -0.3 is 19.9 Å². The largest absolute Gasteiger partial charge is 0.489 e. The fourth-order valence-electron chi connectivity index (χ4n) is 4.42. The molecule has 6 nitrogen and oxygen atoms in total. The molecule has 0 radical (unpaired) electrons. The standard InChI is InChI=1S/C20H24ClFN2O4/c1-11-5-16(28-12(11)2)18(26)24-20-8-19(9-20,10-20)23-17(25)7-27-13-3-4-14(21)15(22)6-13/h3-6,12,16-17,23,25H,7-10H2,1-2H3,(H,24,26). The third-order valence-electron chi connectivity index (χ3n) is 5.86. The molecule has 1 aromatic rings. The molecule has 1 heterocycles. The van der Waals surface area contributed by atoms with Crippen molar-refractivity contribution in [3.8, 4) is 5.75 Å². The Morgan fingerprint density at radius 1 is 1.43 bits per heavy atom. The highest BCUT2D eigenvalue weighted by Crippen LogP contribution is 2.60. The van der Waals surface area contributed by atoms with Gasteiger partial charge >= 0.3 is 0 Å². The Kier molecular flexibility index (Phi) is 4.90. The molecule has 5 rings (SSSR count). The molecule has 28 heavy (non-hydrogen) atoms. The van der Waals surface area contributed by atoms with Gasteiger partial charge in [0.2, 0.25) is 0 Å². The van der Waals surface area contributed by atoms with Crippen LogP contribution in [0.2, 0.25) is 5.02 Å². The number of hydrogen-bond donors (Lipinski definition) is 3. The van der Waals surface area contributed by atoms with Crippen molar-refractivity contribution in [2.45, 2.75) is 62.6 Å². The molecular formula is C20H24ClFN2O4. The monoisotopic (exact) mass is 410 g/mol. The van der Waals surface area contributed by atoms with E-state index in [0.29, 0.717) is 5.75 Å². The summed E-state index contributed by atoms with van der Waals surface area (Å²) in [4.78, 5) is 12.4. The van der Waals surface area contributed by atoms with Gasteiger partial charge in [0, 0.05) is 17.1 Å². The Bertz CT molecular complexity index is 811. The summed E-state index contributed by atoms with van der Waals surface area (Å²) in [6.45, 7) is 3.88. The third-order valence-corrected chi connectivity index (χ3v) is 6.16. The summed E-state index contributed by atoms with van der Waals surface area (Å²) in [7, 11) is 0. The fourth-order valence-corrected chi connectivity index (χ4v) is 4.54. The van der Waals surface area contributed by atoms with Crippen molar-refractivity contribution in [1.29, 1.82) is 0 Å². The lowest BCUT2D eigenvalue weighted by atomic mass is 9.44. The Labute approximate surface area is 168 Å². The van der Waals surface area contributed by atoms with Crippen LogP contribution < -0.4 is 15.4 Å². The lowest BCUT2D eigenvalue weighted by molar-refractivity contribution is -0.157. The summed E-state index contributed by atoms with van der Waals surface area (Å²) in [5, 5.41) is 16.5. The zero-order chi connectivity index (χ0) is 20.1. The lowest BCUT2D eigenvalue weighted by Crippen LogP contribution is -2.84. The summed E-state index contributed by atoms with van der Waals surface area (Å²) in [6, 6.07) is 4.14. The van der Waals surface area contributed by atoms with Crippen molar-refractivity contribution in [2.24, 2.45) is 0 Å². The van der Waals surface area contributed by atoms with Crippen molar-refractivity contribution in [1.82, 2.24) is 10.6 Å². The predicted molar refractivity (Wildman–Crippen MR) is 102 cm³/mol. The Morgan fingerprint density at radius 3 is 2.75 bits per heavy atom. The van der Waals surface area contributed by atoms with E-state index in [0.717, 1.165) is 24.8 Å². The molecule has 3 N–H and O–H groups in total. The van der Waals surface area contributed by atoms with Crippen LogP contribution in [0.4, 0.5) is 4.39 Å². The number of nitrogens with one attached hydrogen (secondary N) is 2. The quantitative estimate of drug-likeness (QED) is 0.475. The number of ether oxygens (including phenoxy) is 2. The van der Waals surface area contributed by atoms with E-state index >= 15 is 0 Å². The van der Waals surface area contributed by atoms with Gasteiger partial charge in [-0.2, -0.15) is 0 Å². The molecule has 2 bridgehead atoms. The molecule has 1 aliphatic heterocycles. The highest BCUT2D eigenvalue weighted by molar-refractivity contribution is 6.30. The normalized spacial score (nSPS) is 34.1. The average Bonchev–Trinajstić information content (AvgIpc) is 2.92. The van der Waals surface area contributed by atoms with Gasteiger partial charge in [-0.05, 0) is 56.9 Å². The van der Waals surface area contributed by atoms with Gasteiger partial charge in [0.25, 0.3) is 5.91 Å². The summed E-state index contributed by atoms with van der Waals surface area (Å²) < 4.78 is 24.5. The molecule has 1 amide bonds. The van der Waals surface area contributed by atoms with Crippen molar-refractivity contribution in [3.05, 3.63) is 40.7 Å². The smallest absolute Gasteiger partial charge is 0.253 e. The Morgan fingerprint density at radius 2 is 2.14 bits per heavy atom. The van der Waals surface area contributed by atoms with Gasteiger partial charge in [-0.25, -0.2) is 4.39 Å². The highest BCUT2D eigenvalue weighted by Gasteiger charge is 2.69. The first kappa shape index (κ1) is 19.6. The summed E-state index contributed by atoms with van der Waals surface area (Å²) in [6.07, 6.45) is 2.68. The van der Waals surface area contributed by atoms with E-state index in [1.165, 1.54) is 12.1 Å². The Hall–Kier alpha value is -1.67. The molecule has 8 heteroatoms. The minimum absolute atomic E-state index is 0.0138. The second-order valence-corrected chi connectivity index (χ2v) is 8.64. The molecule has 3 unspecified atom stereocenters. The van der Waals surface area contributed by atoms with Crippen molar-refractivity contribution >= 4 is 17.5 Å². The lowest BCUT2D eigenvalue weighted by Gasteiger charge is -2.71. The van der Waals surface area contributed by atoms with Gasteiger partial charge in [-0.1, -0.05) is 11.6 Å². The molecule has 3 aliphatic carbocycles. The first-order chi connectivity index (χ1) is 13.2. The van der Waals surface area contributed by atoms with E-state index in [9.17, 15) is 14.3 Å².